The van der Waals surface area contributed by atoms with Crippen LogP contribution in [0.3, 0.4) is 0 Å². The van der Waals surface area contributed by atoms with Crippen LogP contribution in [0.25, 0.3) is 11.4 Å². The SMILES string of the molecule is C[C@@H]1C(=O)Nc2ccc(C(=O)CSc3n[nH]c(-c4ccccc4)n3)cc21. The highest BCUT2D eigenvalue weighted by atomic mass is 32.2. The van der Waals surface area contributed by atoms with Crippen molar-refractivity contribution in [2.75, 3.05) is 11.1 Å². The maximum Gasteiger partial charge on any atom is 0.231 e. The maximum atomic E-state index is 12.5. The molecule has 0 bridgehead atoms. The number of aromatic amines is 1. The minimum absolute atomic E-state index is 0.0181. The first-order valence-electron chi connectivity index (χ1n) is 8.20. The van der Waals surface area contributed by atoms with Crippen molar-refractivity contribution in [3.05, 3.63) is 59.7 Å². The summed E-state index contributed by atoms with van der Waals surface area (Å²) in [5, 5.41) is 10.4. The maximum absolute atomic E-state index is 12.5. The molecule has 1 atom stereocenters. The number of rotatable bonds is 5. The number of fused-ring (bicyclic) bond motifs is 1. The number of hydrogen-bond acceptors (Lipinski definition) is 5. The van der Waals surface area contributed by atoms with Gasteiger partial charge < -0.3 is 5.32 Å². The Morgan fingerprint density at radius 2 is 2.00 bits per heavy atom. The van der Waals surface area contributed by atoms with Crippen LogP contribution in [0.15, 0.2) is 53.7 Å². The number of ketones is 1. The average molecular weight is 364 g/mol. The van der Waals surface area contributed by atoms with Crippen molar-refractivity contribution in [3.63, 3.8) is 0 Å². The van der Waals surface area contributed by atoms with Gasteiger partial charge in [-0.1, -0.05) is 42.1 Å². The molecule has 7 heteroatoms. The van der Waals surface area contributed by atoms with Crippen LogP contribution in [-0.4, -0.2) is 32.6 Å². The van der Waals surface area contributed by atoms with Gasteiger partial charge in [-0.2, -0.15) is 0 Å². The number of H-pyrrole nitrogens is 1. The zero-order valence-corrected chi connectivity index (χ0v) is 14.8. The van der Waals surface area contributed by atoms with Crippen LogP contribution in [-0.2, 0) is 4.79 Å². The number of benzene rings is 2. The van der Waals surface area contributed by atoms with Crippen LogP contribution < -0.4 is 5.32 Å². The number of nitrogens with zero attached hydrogens (tertiary/aromatic N) is 2. The quantitative estimate of drug-likeness (QED) is 0.534. The molecule has 0 fully saturated rings. The van der Waals surface area contributed by atoms with E-state index in [2.05, 4.69) is 20.5 Å². The van der Waals surface area contributed by atoms with Gasteiger partial charge in [0.1, 0.15) is 0 Å². The van der Waals surface area contributed by atoms with Crippen LogP contribution in [0.1, 0.15) is 28.8 Å². The lowest BCUT2D eigenvalue weighted by atomic mass is 9.99. The van der Waals surface area contributed by atoms with Gasteiger partial charge >= 0.3 is 0 Å². The third kappa shape index (κ3) is 3.13. The first kappa shape index (κ1) is 16.5. The van der Waals surface area contributed by atoms with E-state index in [4.69, 9.17) is 0 Å². The van der Waals surface area contributed by atoms with Crippen LogP contribution in [0.4, 0.5) is 5.69 Å². The lowest BCUT2D eigenvalue weighted by Crippen LogP contribution is -2.08. The van der Waals surface area contributed by atoms with E-state index in [9.17, 15) is 9.59 Å². The molecule has 2 aromatic carbocycles. The number of thioether (sulfide) groups is 1. The molecule has 6 nitrogen and oxygen atoms in total. The molecule has 2 heterocycles. The summed E-state index contributed by atoms with van der Waals surface area (Å²) in [7, 11) is 0. The largest absolute Gasteiger partial charge is 0.325 e. The fourth-order valence-corrected chi connectivity index (χ4v) is 3.53. The van der Waals surface area contributed by atoms with Gasteiger partial charge in [0.2, 0.25) is 11.1 Å². The molecular formula is C19H16N4O2S. The van der Waals surface area contributed by atoms with Gasteiger partial charge in [-0.25, -0.2) is 4.98 Å². The lowest BCUT2D eigenvalue weighted by molar-refractivity contribution is -0.116. The molecule has 130 valence electrons. The first-order valence-corrected chi connectivity index (χ1v) is 9.19. The molecule has 0 aliphatic carbocycles. The highest BCUT2D eigenvalue weighted by Crippen LogP contribution is 2.33. The number of anilines is 1. The molecule has 1 amide bonds. The van der Waals surface area contributed by atoms with Gasteiger partial charge in [-0.3, -0.25) is 14.7 Å². The minimum atomic E-state index is -0.230. The van der Waals surface area contributed by atoms with Crippen molar-refractivity contribution in [3.8, 4) is 11.4 Å². The highest BCUT2D eigenvalue weighted by Gasteiger charge is 2.27. The Morgan fingerprint density at radius 1 is 1.19 bits per heavy atom. The molecule has 1 aliphatic heterocycles. The van der Waals surface area contributed by atoms with Crippen molar-refractivity contribution in [1.82, 2.24) is 15.2 Å². The summed E-state index contributed by atoms with van der Waals surface area (Å²) in [4.78, 5) is 28.6. The lowest BCUT2D eigenvalue weighted by Gasteiger charge is -2.04. The normalized spacial score (nSPS) is 15.6. The molecule has 0 saturated heterocycles. The Labute approximate surface area is 154 Å². The fraction of sp³-hybridized carbons (Fsp3) is 0.158. The number of nitrogens with one attached hydrogen (secondary N) is 2. The average Bonchev–Trinajstić information content (AvgIpc) is 3.25. The Kier molecular flexibility index (Phi) is 4.30. The van der Waals surface area contributed by atoms with E-state index >= 15 is 0 Å². The number of carbonyl (C=O) groups excluding carboxylic acids is 2. The molecule has 3 aromatic rings. The Hall–Kier alpha value is -2.93. The number of Topliss-reactive ketones (excluding diaryl/α,β-unsaturated/α-hetero) is 1. The molecule has 26 heavy (non-hydrogen) atoms. The van der Waals surface area contributed by atoms with Gasteiger partial charge in [-0.05, 0) is 30.7 Å². The Bertz CT molecular complexity index is 984. The number of amides is 1. The summed E-state index contributed by atoms with van der Waals surface area (Å²) in [5.74, 6) is 0.632. The van der Waals surface area contributed by atoms with Crippen LogP contribution in [0.2, 0.25) is 0 Å². The molecule has 1 aromatic heterocycles. The van der Waals surface area contributed by atoms with Gasteiger partial charge in [-0.15, -0.1) is 5.10 Å². The van der Waals surface area contributed by atoms with Crippen molar-refractivity contribution in [1.29, 1.82) is 0 Å². The second-order valence-corrected chi connectivity index (χ2v) is 7.00. The Morgan fingerprint density at radius 3 is 2.81 bits per heavy atom. The predicted octanol–water partition coefficient (Wildman–Crippen LogP) is 3.50. The summed E-state index contributed by atoms with van der Waals surface area (Å²) < 4.78 is 0. The van der Waals surface area contributed by atoms with E-state index in [1.807, 2.05) is 37.3 Å². The number of hydrogen-bond donors (Lipinski definition) is 2. The molecule has 0 radical (unpaired) electrons. The van der Waals surface area contributed by atoms with Crippen molar-refractivity contribution in [2.45, 2.75) is 18.0 Å². The number of aromatic nitrogens is 3. The predicted molar refractivity (Wildman–Crippen MR) is 100 cm³/mol. The van der Waals surface area contributed by atoms with Crippen LogP contribution >= 0.6 is 11.8 Å². The summed E-state index contributed by atoms with van der Waals surface area (Å²) in [6, 6.07) is 15.0. The second-order valence-electron chi connectivity index (χ2n) is 6.06. The zero-order valence-electron chi connectivity index (χ0n) is 14.0. The summed E-state index contributed by atoms with van der Waals surface area (Å²) in [5.41, 5.74) is 3.20. The second kappa shape index (κ2) is 6.76. The van der Waals surface area contributed by atoms with E-state index in [-0.39, 0.29) is 23.4 Å². The van der Waals surface area contributed by atoms with E-state index in [0.29, 0.717) is 16.5 Å². The van der Waals surface area contributed by atoms with Crippen molar-refractivity contribution >= 4 is 29.1 Å². The van der Waals surface area contributed by atoms with Crippen molar-refractivity contribution < 1.29 is 9.59 Å². The fourth-order valence-electron chi connectivity index (χ4n) is 2.84. The minimum Gasteiger partial charge on any atom is -0.325 e. The van der Waals surface area contributed by atoms with Gasteiger partial charge in [0, 0.05) is 16.8 Å². The molecule has 0 unspecified atom stereocenters. The molecular weight excluding hydrogens is 348 g/mol. The smallest absolute Gasteiger partial charge is 0.231 e. The van der Waals surface area contributed by atoms with E-state index in [1.165, 1.54) is 11.8 Å². The molecule has 4 rings (SSSR count). The summed E-state index contributed by atoms with van der Waals surface area (Å²) in [6.07, 6.45) is 0. The van der Waals surface area contributed by atoms with Gasteiger partial charge in [0.25, 0.3) is 0 Å². The van der Waals surface area contributed by atoms with Crippen molar-refractivity contribution in [2.24, 2.45) is 0 Å². The summed E-state index contributed by atoms with van der Waals surface area (Å²) in [6.45, 7) is 1.84. The van der Waals surface area contributed by atoms with Crippen LogP contribution in [0.5, 0.6) is 0 Å². The topological polar surface area (TPSA) is 87.7 Å². The number of carbonyl (C=O) groups is 2. The summed E-state index contributed by atoms with van der Waals surface area (Å²) >= 11 is 1.29. The first-order chi connectivity index (χ1) is 12.6. The third-order valence-corrected chi connectivity index (χ3v) is 5.18. The molecule has 0 saturated carbocycles. The van der Waals surface area contributed by atoms with E-state index < -0.39 is 0 Å². The van der Waals surface area contributed by atoms with Gasteiger partial charge in [0.15, 0.2) is 11.6 Å². The van der Waals surface area contributed by atoms with Crippen LogP contribution in [0, 0.1) is 0 Å². The molecule has 2 N–H and O–H groups in total. The standard InChI is InChI=1S/C19H16N4O2S/c1-11-14-9-13(7-8-15(14)20-18(11)25)16(24)10-26-19-21-17(22-23-19)12-5-3-2-4-6-12/h2-9,11H,10H2,1H3,(H,20,25)(H,21,22,23)/t11-/m0/s1. The van der Waals surface area contributed by atoms with E-state index in [1.54, 1.807) is 18.2 Å². The molecule has 0 spiro atoms. The monoisotopic (exact) mass is 364 g/mol. The highest BCUT2D eigenvalue weighted by molar-refractivity contribution is 7.99. The van der Waals surface area contributed by atoms with Gasteiger partial charge in [0.05, 0.1) is 11.7 Å². The third-order valence-electron chi connectivity index (χ3n) is 4.34. The zero-order chi connectivity index (χ0) is 18.1. The molecule has 1 aliphatic rings. The Balaban J connectivity index is 1.44. The van der Waals surface area contributed by atoms with E-state index in [0.717, 1.165) is 16.8 Å².